The van der Waals surface area contributed by atoms with Crippen LogP contribution in [-0.2, 0) is 37.0 Å². The van der Waals surface area contributed by atoms with Crippen LogP contribution in [0.4, 0.5) is 8.78 Å². The van der Waals surface area contributed by atoms with E-state index >= 15 is 4.39 Å². The van der Waals surface area contributed by atoms with E-state index in [4.69, 9.17) is 10.2 Å². The van der Waals surface area contributed by atoms with Crippen LogP contribution in [0.15, 0.2) is 64.9 Å². The lowest BCUT2D eigenvalue weighted by Gasteiger charge is -2.17. The second kappa shape index (κ2) is 13.0. The van der Waals surface area contributed by atoms with Crippen LogP contribution in [0, 0.1) is 17.6 Å². The Balaban J connectivity index is 0.00000372. The van der Waals surface area contributed by atoms with Gasteiger partial charge in [-0.15, -0.1) is 16.5 Å². The lowest BCUT2D eigenvalue weighted by atomic mass is 9.88. The Hall–Kier alpha value is -3.94. The SMILES string of the molecule is N[S+](O)c1ccc(Cc2c(-c3ccc(F)c(-c4ccc5c(c4)CCCC5)c3)nn(-c3nc(C(=O)O)cs3)c2CC2CC2)cc1F.O. The molecule has 238 valence electrons. The molecule has 3 aromatic carbocycles. The summed E-state index contributed by atoms with van der Waals surface area (Å²) >= 11 is -0.525. The van der Waals surface area contributed by atoms with Crippen molar-refractivity contribution in [2.24, 2.45) is 11.1 Å². The van der Waals surface area contributed by atoms with E-state index in [9.17, 15) is 18.8 Å². The largest absolute Gasteiger partial charge is 0.476 e. The van der Waals surface area contributed by atoms with E-state index in [1.54, 1.807) is 16.8 Å². The van der Waals surface area contributed by atoms with Crippen molar-refractivity contribution in [3.63, 3.8) is 0 Å². The highest BCUT2D eigenvalue weighted by Gasteiger charge is 2.30. The molecule has 8 nitrogen and oxygen atoms in total. The van der Waals surface area contributed by atoms with Gasteiger partial charge in [-0.2, -0.15) is 9.65 Å². The van der Waals surface area contributed by atoms with E-state index in [0.717, 1.165) is 55.3 Å². The molecule has 1 unspecified atom stereocenters. The summed E-state index contributed by atoms with van der Waals surface area (Å²) in [5, 5.41) is 22.0. The van der Waals surface area contributed by atoms with E-state index in [0.29, 0.717) is 46.3 Å². The van der Waals surface area contributed by atoms with Gasteiger partial charge in [-0.3, -0.25) is 0 Å². The summed E-state index contributed by atoms with van der Waals surface area (Å²) in [6.45, 7) is 0. The maximum absolute atomic E-state index is 15.4. The van der Waals surface area contributed by atoms with Gasteiger partial charge in [0.15, 0.2) is 11.5 Å². The van der Waals surface area contributed by atoms with Crippen molar-refractivity contribution < 1.29 is 28.7 Å². The molecule has 0 amide bonds. The first-order valence-corrected chi connectivity index (χ1v) is 17.1. The molecule has 0 bridgehead atoms. The number of fused-ring (bicyclic) bond motifs is 1. The Morgan fingerprint density at radius 3 is 2.46 bits per heavy atom. The number of carbonyl (C=O) groups is 1. The molecule has 0 spiro atoms. The fourth-order valence-electron chi connectivity index (χ4n) is 6.15. The zero-order chi connectivity index (χ0) is 31.2. The van der Waals surface area contributed by atoms with Crippen molar-refractivity contribution >= 4 is 28.7 Å². The third-order valence-electron chi connectivity index (χ3n) is 8.66. The van der Waals surface area contributed by atoms with Gasteiger partial charge in [0, 0.05) is 34.6 Å². The molecule has 7 rings (SSSR count). The number of carboxylic acid groups (broad SMARTS) is 1. The van der Waals surface area contributed by atoms with Crippen molar-refractivity contribution in [3.05, 3.63) is 105 Å². The van der Waals surface area contributed by atoms with Gasteiger partial charge < -0.3 is 10.6 Å². The molecule has 46 heavy (non-hydrogen) atoms. The van der Waals surface area contributed by atoms with Gasteiger partial charge >= 0.3 is 5.97 Å². The predicted molar refractivity (Wildman–Crippen MR) is 175 cm³/mol. The molecule has 6 N–H and O–H groups in total. The zero-order valence-electron chi connectivity index (χ0n) is 24.8. The van der Waals surface area contributed by atoms with Crippen molar-refractivity contribution in [2.75, 3.05) is 0 Å². The summed E-state index contributed by atoms with van der Waals surface area (Å²) in [5.41, 5.74) is 7.43. The molecule has 1 atom stereocenters. The lowest BCUT2D eigenvalue weighted by Crippen LogP contribution is -2.13. The number of aromatic nitrogens is 3. The number of nitrogens with zero attached hydrogens (tertiary/aromatic N) is 3. The quantitative estimate of drug-likeness (QED) is 0.152. The van der Waals surface area contributed by atoms with E-state index in [2.05, 4.69) is 17.1 Å². The smallest absolute Gasteiger partial charge is 0.355 e. The summed E-state index contributed by atoms with van der Waals surface area (Å²) in [5.74, 6) is -1.61. The van der Waals surface area contributed by atoms with Crippen molar-refractivity contribution in [1.29, 1.82) is 0 Å². The number of nitrogens with two attached hydrogens (primary N) is 1. The maximum atomic E-state index is 15.4. The number of carboxylic acids is 1. The molecule has 2 aliphatic rings. The second-order valence-corrected chi connectivity index (χ2v) is 13.7. The maximum Gasteiger partial charge on any atom is 0.355 e. The van der Waals surface area contributed by atoms with Crippen LogP contribution < -0.4 is 5.14 Å². The average molecular weight is 664 g/mol. The Labute approximate surface area is 271 Å². The number of aryl methyl sites for hydroxylation is 2. The van der Waals surface area contributed by atoms with Crippen LogP contribution in [0.25, 0.3) is 27.5 Å². The Morgan fingerprint density at radius 1 is 1.00 bits per heavy atom. The number of hydrogen-bond acceptors (Lipinski definition) is 6. The zero-order valence-corrected chi connectivity index (χ0v) is 26.4. The van der Waals surface area contributed by atoms with Gasteiger partial charge in [0.2, 0.25) is 10.0 Å². The first-order chi connectivity index (χ1) is 21.7. The van der Waals surface area contributed by atoms with Crippen molar-refractivity contribution in [3.8, 4) is 27.5 Å². The molecule has 1 fully saturated rings. The molecule has 5 aromatic rings. The third-order valence-corrected chi connectivity index (χ3v) is 10.3. The number of benzene rings is 3. The van der Waals surface area contributed by atoms with Gasteiger partial charge in [-0.25, -0.2) is 23.2 Å². The van der Waals surface area contributed by atoms with Crippen molar-refractivity contribution in [2.45, 2.75) is 56.3 Å². The van der Waals surface area contributed by atoms with E-state index in [1.165, 1.54) is 46.0 Å². The summed E-state index contributed by atoms with van der Waals surface area (Å²) in [6, 6.07) is 15.7. The highest BCUT2D eigenvalue weighted by molar-refractivity contribution is 7.89. The molecule has 2 aliphatic carbocycles. The number of rotatable bonds is 9. The molecular formula is C34H33F2N4O4S2+. The molecule has 12 heteroatoms. The highest BCUT2D eigenvalue weighted by Crippen LogP contribution is 2.39. The summed E-state index contributed by atoms with van der Waals surface area (Å²) in [7, 11) is 0. The molecule has 1 saturated carbocycles. The molecule has 2 aromatic heterocycles. The minimum atomic E-state index is -1.71. The van der Waals surface area contributed by atoms with E-state index < -0.39 is 23.1 Å². The molecule has 0 radical (unpaired) electrons. The van der Waals surface area contributed by atoms with Crippen molar-refractivity contribution in [1.82, 2.24) is 14.8 Å². The van der Waals surface area contributed by atoms with Crippen LogP contribution >= 0.6 is 11.3 Å². The summed E-state index contributed by atoms with van der Waals surface area (Å²) in [6.07, 6.45) is 7.43. The average Bonchev–Trinajstić information content (AvgIpc) is 3.59. The fourth-order valence-corrected chi connectivity index (χ4v) is 7.39. The van der Waals surface area contributed by atoms with Gasteiger partial charge in [0.25, 0.3) is 11.4 Å². The first-order valence-electron chi connectivity index (χ1n) is 14.9. The second-order valence-electron chi connectivity index (χ2n) is 11.8. The number of hydrogen-bond donors (Lipinski definition) is 3. The molecule has 2 heterocycles. The Morgan fingerprint density at radius 2 is 1.76 bits per heavy atom. The standard InChI is InChI=1S/C34H30F2N4O3S2.H2O/c35-27-11-10-24(17-25(27)23-9-8-21-3-1-2-4-22(21)16-23)32-26(13-20-7-12-31(45(37)43)28(36)14-20)30(15-19-5-6-19)40(39-32)34-38-29(18-44-34)33(41)42;/h7-12,14,16-19,43H,1-6,13,15,37H2;1H2/p+1. The summed E-state index contributed by atoms with van der Waals surface area (Å²) < 4.78 is 41.9. The van der Waals surface area contributed by atoms with Crippen LogP contribution in [-0.4, -0.2) is 35.9 Å². The number of thiazole rings is 1. The lowest BCUT2D eigenvalue weighted by molar-refractivity contribution is 0.0691. The molecule has 0 aliphatic heterocycles. The normalized spacial score (nSPS) is 14.9. The predicted octanol–water partition coefficient (Wildman–Crippen LogP) is 6.56. The van der Waals surface area contributed by atoms with Crippen LogP contribution in [0.1, 0.15) is 64.1 Å². The van der Waals surface area contributed by atoms with Crippen LogP contribution in [0.2, 0.25) is 0 Å². The number of aromatic carboxylic acids is 1. The number of halogens is 2. The fraction of sp³-hybridized carbons (Fsp3) is 0.265. The van der Waals surface area contributed by atoms with Gasteiger partial charge in [0.05, 0.1) is 11.4 Å². The third kappa shape index (κ3) is 6.36. The Bertz CT molecular complexity index is 1940. The van der Waals surface area contributed by atoms with Gasteiger partial charge in [-0.1, -0.05) is 24.3 Å². The Kier molecular flexibility index (Phi) is 9.08. The van der Waals surface area contributed by atoms with E-state index in [-0.39, 0.29) is 21.9 Å². The van der Waals surface area contributed by atoms with Gasteiger partial charge in [0.1, 0.15) is 5.82 Å². The molecular weight excluding hydrogens is 631 g/mol. The molecule has 0 saturated heterocycles. The highest BCUT2D eigenvalue weighted by atomic mass is 32.2. The minimum absolute atomic E-state index is 0. The van der Waals surface area contributed by atoms with Gasteiger partial charge in [-0.05, 0) is 97.4 Å². The monoisotopic (exact) mass is 663 g/mol. The van der Waals surface area contributed by atoms with E-state index in [1.807, 2.05) is 12.1 Å². The minimum Gasteiger partial charge on any atom is -0.476 e. The van der Waals surface area contributed by atoms with Crippen LogP contribution in [0.3, 0.4) is 0 Å². The first kappa shape index (κ1) is 32.0. The summed E-state index contributed by atoms with van der Waals surface area (Å²) in [4.78, 5) is 16.1. The topological polar surface area (TPSA) is 146 Å². The van der Waals surface area contributed by atoms with Crippen LogP contribution in [0.5, 0.6) is 0 Å².